The third kappa shape index (κ3) is 4.33. The molecule has 4 rings (SSSR count). The Hall–Kier alpha value is -4.10. The summed E-state index contributed by atoms with van der Waals surface area (Å²) in [7, 11) is 0. The first-order valence-corrected chi connectivity index (χ1v) is 10.1. The molecule has 9 nitrogen and oxygen atoms in total. The molecule has 0 saturated carbocycles. The number of anilines is 3. The quantitative estimate of drug-likeness (QED) is 0.555. The highest BCUT2D eigenvalue weighted by molar-refractivity contribution is 5.82. The molecule has 0 aliphatic carbocycles. The number of nitrogen functional groups attached to an aromatic ring is 1. The van der Waals surface area contributed by atoms with Crippen molar-refractivity contribution in [1.29, 1.82) is 5.26 Å². The minimum Gasteiger partial charge on any atom is -0.382 e. The molecule has 4 heterocycles. The minimum atomic E-state index is -0.622. The smallest absolute Gasteiger partial charge is 0.154 e. The van der Waals surface area contributed by atoms with E-state index in [1.807, 2.05) is 18.2 Å². The molecule has 0 aromatic carbocycles. The molecule has 0 unspecified atom stereocenters. The molecule has 1 aliphatic heterocycles. The Morgan fingerprint density at radius 2 is 2.00 bits per heavy atom. The number of hydrogen-bond acceptors (Lipinski definition) is 9. The molecule has 3 aromatic heterocycles. The van der Waals surface area contributed by atoms with Crippen molar-refractivity contribution in [3.63, 3.8) is 0 Å². The zero-order chi connectivity index (χ0) is 22.7. The lowest BCUT2D eigenvalue weighted by Crippen LogP contribution is -2.40. The number of nitrogens with two attached hydrogens (primary N) is 2. The van der Waals surface area contributed by atoms with Crippen LogP contribution in [0.2, 0.25) is 0 Å². The van der Waals surface area contributed by atoms with E-state index in [-0.39, 0.29) is 34.6 Å². The lowest BCUT2D eigenvalue weighted by atomic mass is 10.1. The van der Waals surface area contributed by atoms with Gasteiger partial charge in [-0.1, -0.05) is 6.58 Å². The van der Waals surface area contributed by atoms with Crippen molar-refractivity contribution in [2.45, 2.75) is 18.9 Å². The van der Waals surface area contributed by atoms with Crippen molar-refractivity contribution in [2.75, 3.05) is 29.0 Å². The number of rotatable bonds is 5. The van der Waals surface area contributed by atoms with Crippen LogP contribution < -0.4 is 21.7 Å². The van der Waals surface area contributed by atoms with Crippen molar-refractivity contribution < 1.29 is 4.39 Å². The van der Waals surface area contributed by atoms with E-state index in [9.17, 15) is 4.39 Å². The minimum absolute atomic E-state index is 0.0675. The lowest BCUT2D eigenvalue weighted by molar-refractivity contribution is 0.501. The molecule has 1 aliphatic rings. The Bertz CT molecular complexity index is 1200. The zero-order valence-corrected chi connectivity index (χ0v) is 17.3. The molecular weight excluding hydrogens is 409 g/mol. The highest BCUT2D eigenvalue weighted by atomic mass is 19.1. The van der Waals surface area contributed by atoms with Crippen molar-refractivity contribution >= 4 is 23.0 Å². The normalized spacial score (nSPS) is 14.1. The van der Waals surface area contributed by atoms with Gasteiger partial charge in [0, 0.05) is 25.3 Å². The number of nitriles is 1. The number of hydrogen-bond donors (Lipinski definition) is 3. The van der Waals surface area contributed by atoms with E-state index < -0.39 is 5.82 Å². The van der Waals surface area contributed by atoms with Crippen LogP contribution in [0.15, 0.2) is 43.2 Å². The van der Waals surface area contributed by atoms with Crippen LogP contribution in [0.25, 0.3) is 17.1 Å². The van der Waals surface area contributed by atoms with Gasteiger partial charge in [0.15, 0.2) is 17.5 Å². The summed E-state index contributed by atoms with van der Waals surface area (Å²) < 4.78 is 14.3. The predicted molar refractivity (Wildman–Crippen MR) is 121 cm³/mol. The van der Waals surface area contributed by atoms with Crippen LogP contribution in [-0.2, 0) is 0 Å². The zero-order valence-electron chi connectivity index (χ0n) is 17.3. The van der Waals surface area contributed by atoms with Gasteiger partial charge in [-0.15, -0.1) is 0 Å². The molecule has 1 fully saturated rings. The van der Waals surface area contributed by atoms with Crippen molar-refractivity contribution in [3.05, 3.63) is 60.4 Å². The standard InChI is InChI=1S/C22H22FN9/c1-13(29-22-18(3-2-8-27-22)32-9-6-14(25)7-10-32)19-21(26)28-12-17(31-19)20-16(23)5-4-15(11-24)30-20/h2-5,8,12,14H,1,6-7,9-10,25H2,(H2,26,28)(H,27,29). The highest BCUT2D eigenvalue weighted by Crippen LogP contribution is 2.30. The van der Waals surface area contributed by atoms with Crippen LogP contribution in [-0.4, -0.2) is 39.1 Å². The number of pyridine rings is 2. The van der Waals surface area contributed by atoms with E-state index in [1.54, 1.807) is 6.20 Å². The van der Waals surface area contributed by atoms with Crippen LogP contribution >= 0.6 is 0 Å². The summed E-state index contributed by atoms with van der Waals surface area (Å²) >= 11 is 0. The first-order valence-electron chi connectivity index (χ1n) is 10.1. The van der Waals surface area contributed by atoms with E-state index >= 15 is 0 Å². The second kappa shape index (κ2) is 8.95. The number of aromatic nitrogens is 4. The Labute approximate surface area is 184 Å². The molecule has 5 N–H and O–H groups in total. The molecule has 0 radical (unpaired) electrons. The fraction of sp³-hybridized carbons (Fsp3) is 0.227. The third-order valence-corrected chi connectivity index (χ3v) is 5.23. The van der Waals surface area contributed by atoms with Gasteiger partial charge in [0.05, 0.1) is 17.6 Å². The lowest BCUT2D eigenvalue weighted by Gasteiger charge is -2.33. The average Bonchev–Trinajstić information content (AvgIpc) is 2.81. The molecular formula is C22H22FN9. The van der Waals surface area contributed by atoms with E-state index in [2.05, 4.69) is 36.7 Å². The SMILES string of the molecule is C=C(Nc1ncccc1N1CCC(N)CC1)c1nc(-c2nc(C#N)ccc2F)cnc1N. The van der Waals surface area contributed by atoms with Gasteiger partial charge in [-0.25, -0.2) is 24.3 Å². The summed E-state index contributed by atoms with van der Waals surface area (Å²) in [4.78, 5) is 19.2. The van der Waals surface area contributed by atoms with Gasteiger partial charge in [0.1, 0.15) is 28.8 Å². The molecule has 1 saturated heterocycles. The summed E-state index contributed by atoms with van der Waals surface area (Å²) in [5, 5.41) is 12.2. The van der Waals surface area contributed by atoms with Crippen LogP contribution in [0.4, 0.5) is 21.7 Å². The topological polar surface area (TPSA) is 143 Å². The first-order chi connectivity index (χ1) is 15.5. The van der Waals surface area contributed by atoms with Crippen molar-refractivity contribution in [3.8, 4) is 17.5 Å². The monoisotopic (exact) mass is 431 g/mol. The molecule has 0 bridgehead atoms. The Morgan fingerprint density at radius 1 is 1.22 bits per heavy atom. The molecule has 10 heteroatoms. The van der Waals surface area contributed by atoms with Crippen LogP contribution in [0.1, 0.15) is 24.2 Å². The Kier molecular flexibility index (Phi) is 5.91. The van der Waals surface area contributed by atoms with Crippen LogP contribution in [0.5, 0.6) is 0 Å². The first kappa shape index (κ1) is 21.1. The molecule has 3 aromatic rings. The van der Waals surface area contributed by atoms with Gasteiger partial charge in [-0.3, -0.25) is 0 Å². The summed E-state index contributed by atoms with van der Waals surface area (Å²) in [6, 6.07) is 8.38. The third-order valence-electron chi connectivity index (χ3n) is 5.23. The van der Waals surface area contributed by atoms with E-state index in [0.717, 1.165) is 37.7 Å². The Balaban J connectivity index is 1.63. The Morgan fingerprint density at radius 3 is 2.75 bits per heavy atom. The van der Waals surface area contributed by atoms with Gasteiger partial charge < -0.3 is 21.7 Å². The summed E-state index contributed by atoms with van der Waals surface area (Å²) in [5.41, 5.74) is 13.7. The van der Waals surface area contributed by atoms with Crippen LogP contribution in [0, 0.1) is 17.1 Å². The van der Waals surface area contributed by atoms with Crippen molar-refractivity contribution in [1.82, 2.24) is 19.9 Å². The highest BCUT2D eigenvalue weighted by Gasteiger charge is 2.20. The molecule has 32 heavy (non-hydrogen) atoms. The predicted octanol–water partition coefficient (Wildman–Crippen LogP) is 2.54. The van der Waals surface area contributed by atoms with Crippen molar-refractivity contribution in [2.24, 2.45) is 5.73 Å². The second-order valence-corrected chi connectivity index (χ2v) is 7.43. The summed E-state index contributed by atoms with van der Waals surface area (Å²) in [6.07, 6.45) is 4.78. The number of piperidine rings is 1. The van der Waals surface area contributed by atoms with Gasteiger partial charge >= 0.3 is 0 Å². The molecule has 0 spiro atoms. The molecule has 162 valence electrons. The number of nitrogens with one attached hydrogen (secondary N) is 1. The maximum absolute atomic E-state index is 14.3. The van der Waals surface area contributed by atoms with Gasteiger partial charge in [-0.2, -0.15) is 5.26 Å². The van der Waals surface area contributed by atoms with E-state index in [4.69, 9.17) is 16.7 Å². The van der Waals surface area contributed by atoms with Crippen LogP contribution in [0.3, 0.4) is 0 Å². The van der Waals surface area contributed by atoms with Gasteiger partial charge in [-0.05, 0) is 37.1 Å². The fourth-order valence-corrected chi connectivity index (χ4v) is 3.51. The fourth-order valence-electron chi connectivity index (χ4n) is 3.51. The largest absolute Gasteiger partial charge is 0.382 e. The summed E-state index contributed by atoms with van der Waals surface area (Å²) in [5.74, 6) is 0.0859. The van der Waals surface area contributed by atoms with E-state index in [1.165, 1.54) is 12.3 Å². The average molecular weight is 431 g/mol. The molecule has 0 atom stereocenters. The number of nitrogens with zero attached hydrogens (tertiary/aromatic N) is 6. The molecule has 0 amide bonds. The maximum atomic E-state index is 14.3. The number of halogens is 1. The van der Waals surface area contributed by atoms with E-state index in [0.29, 0.717) is 11.5 Å². The van der Waals surface area contributed by atoms with Gasteiger partial charge in [0.2, 0.25) is 0 Å². The van der Waals surface area contributed by atoms with Gasteiger partial charge in [0.25, 0.3) is 0 Å². The second-order valence-electron chi connectivity index (χ2n) is 7.43. The maximum Gasteiger partial charge on any atom is 0.154 e. The summed E-state index contributed by atoms with van der Waals surface area (Å²) in [6.45, 7) is 5.68.